The van der Waals surface area contributed by atoms with Crippen LogP contribution in [0.2, 0.25) is 0 Å². The zero-order valence-corrected chi connectivity index (χ0v) is 18.8. The summed E-state index contributed by atoms with van der Waals surface area (Å²) in [5, 5.41) is 5.60. The number of hydrogen-bond donors (Lipinski definition) is 2. The van der Waals surface area contributed by atoms with Crippen LogP contribution in [0, 0.1) is 17.8 Å². The predicted molar refractivity (Wildman–Crippen MR) is 118 cm³/mol. The molecule has 0 spiro atoms. The number of nitrogens with one attached hydrogen (secondary N) is 2. The molecule has 2 aliphatic heterocycles. The third-order valence-electron chi connectivity index (χ3n) is 6.86. The third-order valence-corrected chi connectivity index (χ3v) is 6.86. The second-order valence-electron chi connectivity index (χ2n) is 10.0. The summed E-state index contributed by atoms with van der Waals surface area (Å²) in [4.78, 5) is 40.7. The van der Waals surface area contributed by atoms with E-state index in [2.05, 4.69) is 41.5 Å². The molecule has 3 aliphatic rings. The average Bonchev–Trinajstić information content (AvgIpc) is 3.53. The van der Waals surface area contributed by atoms with Gasteiger partial charge >= 0.3 is 6.03 Å². The van der Waals surface area contributed by atoms with Crippen molar-refractivity contribution in [2.24, 2.45) is 17.8 Å². The van der Waals surface area contributed by atoms with Gasteiger partial charge in [-0.25, -0.2) is 4.79 Å². The largest absolute Gasteiger partial charge is 0.350 e. The van der Waals surface area contributed by atoms with Gasteiger partial charge in [-0.2, -0.15) is 0 Å². The van der Waals surface area contributed by atoms with E-state index in [0.717, 1.165) is 54.8 Å². The fourth-order valence-electron chi connectivity index (χ4n) is 5.14. The molecule has 31 heavy (non-hydrogen) atoms. The van der Waals surface area contributed by atoms with Crippen molar-refractivity contribution < 1.29 is 14.4 Å². The quantitative estimate of drug-likeness (QED) is 0.657. The van der Waals surface area contributed by atoms with Crippen LogP contribution in [0.25, 0.3) is 0 Å². The topological polar surface area (TPSA) is 81.8 Å². The monoisotopic (exact) mass is 426 g/mol. The summed E-state index contributed by atoms with van der Waals surface area (Å²) in [5.41, 5.74) is 1.42. The Morgan fingerprint density at radius 1 is 1.10 bits per heavy atom. The zero-order valence-electron chi connectivity index (χ0n) is 18.8. The Labute approximate surface area is 184 Å². The molecule has 1 aliphatic carbocycles. The number of rotatable bonds is 7. The van der Waals surface area contributed by atoms with E-state index in [0.29, 0.717) is 6.54 Å². The van der Waals surface area contributed by atoms with Crippen LogP contribution < -0.4 is 10.6 Å². The highest BCUT2D eigenvalue weighted by atomic mass is 16.2. The van der Waals surface area contributed by atoms with E-state index in [-0.39, 0.29) is 24.3 Å². The summed E-state index contributed by atoms with van der Waals surface area (Å²) in [6.45, 7) is 9.77. The first-order chi connectivity index (χ1) is 14.7. The number of carbonyl (C=O) groups excluding carboxylic acids is 3. The lowest BCUT2D eigenvalue weighted by Gasteiger charge is -2.35. The Morgan fingerprint density at radius 3 is 2.32 bits per heavy atom. The lowest BCUT2D eigenvalue weighted by Crippen LogP contribution is -2.46. The standard InChI is InChI=1S/C24H34N4O3/c1-16-10-17(2)13-27(12-16)14-19-6-4-18(5-7-19)11-25-21(29)15-28-22(30)24(3,20-8-9-20)26-23(28)31/h4-7,16-17,20H,8-15H2,1-3H3,(H,25,29)(H,26,31)/t16-,17+,24-/m0/s1. The van der Waals surface area contributed by atoms with Crippen LogP contribution in [-0.2, 0) is 22.7 Å². The summed E-state index contributed by atoms with van der Waals surface area (Å²) in [6.07, 6.45) is 3.18. The van der Waals surface area contributed by atoms with Gasteiger partial charge in [-0.15, -0.1) is 0 Å². The molecule has 2 heterocycles. The zero-order chi connectivity index (χ0) is 22.2. The molecule has 4 amide bonds. The Kier molecular flexibility index (Phi) is 6.06. The van der Waals surface area contributed by atoms with Crippen molar-refractivity contribution in [2.75, 3.05) is 19.6 Å². The van der Waals surface area contributed by atoms with Gasteiger partial charge in [0, 0.05) is 26.2 Å². The average molecular weight is 427 g/mol. The van der Waals surface area contributed by atoms with Gasteiger partial charge in [0.15, 0.2) is 0 Å². The number of carbonyl (C=O) groups is 3. The van der Waals surface area contributed by atoms with E-state index >= 15 is 0 Å². The molecule has 0 bridgehead atoms. The first-order valence-electron chi connectivity index (χ1n) is 11.5. The summed E-state index contributed by atoms with van der Waals surface area (Å²) in [5.74, 6) is 1.05. The van der Waals surface area contributed by atoms with E-state index in [1.165, 1.54) is 12.0 Å². The normalized spacial score (nSPS) is 29.2. The van der Waals surface area contributed by atoms with Gasteiger partial charge in [0.1, 0.15) is 12.1 Å². The molecule has 4 rings (SSSR count). The van der Waals surface area contributed by atoms with E-state index in [4.69, 9.17) is 0 Å². The first-order valence-corrected chi connectivity index (χ1v) is 11.5. The van der Waals surface area contributed by atoms with E-state index in [1.807, 2.05) is 12.1 Å². The number of hydrogen-bond acceptors (Lipinski definition) is 4. The molecule has 2 N–H and O–H groups in total. The van der Waals surface area contributed by atoms with Crippen LogP contribution >= 0.6 is 0 Å². The van der Waals surface area contributed by atoms with Gasteiger partial charge in [0.2, 0.25) is 5.91 Å². The van der Waals surface area contributed by atoms with Crippen molar-refractivity contribution in [2.45, 2.75) is 58.7 Å². The smallest absolute Gasteiger partial charge is 0.325 e. The van der Waals surface area contributed by atoms with E-state index in [9.17, 15) is 14.4 Å². The fraction of sp³-hybridized carbons (Fsp3) is 0.625. The molecule has 168 valence electrons. The number of amides is 4. The number of likely N-dealkylation sites (tertiary alicyclic amines) is 1. The fourth-order valence-corrected chi connectivity index (χ4v) is 5.14. The van der Waals surface area contributed by atoms with E-state index in [1.54, 1.807) is 6.92 Å². The maximum atomic E-state index is 12.6. The van der Waals surface area contributed by atoms with Crippen molar-refractivity contribution in [3.05, 3.63) is 35.4 Å². The molecule has 0 unspecified atom stereocenters. The SMILES string of the molecule is C[C@@H]1C[C@H](C)CN(Cc2ccc(CNC(=O)CN3C(=O)N[C@@](C)(C4CC4)C3=O)cc2)C1. The molecule has 7 heteroatoms. The second-order valence-corrected chi connectivity index (χ2v) is 10.0. The van der Waals surface area contributed by atoms with E-state index < -0.39 is 11.6 Å². The molecule has 3 fully saturated rings. The maximum absolute atomic E-state index is 12.6. The van der Waals surface area contributed by atoms with Gasteiger partial charge in [-0.3, -0.25) is 19.4 Å². The number of piperidine rings is 1. The minimum atomic E-state index is -0.850. The summed E-state index contributed by atoms with van der Waals surface area (Å²) < 4.78 is 0. The minimum Gasteiger partial charge on any atom is -0.350 e. The van der Waals surface area contributed by atoms with Crippen molar-refractivity contribution in [3.63, 3.8) is 0 Å². The number of benzene rings is 1. The molecular formula is C24H34N4O3. The highest BCUT2D eigenvalue weighted by Crippen LogP contribution is 2.42. The molecule has 7 nitrogen and oxygen atoms in total. The molecule has 0 radical (unpaired) electrons. The van der Waals surface area contributed by atoms with Crippen LogP contribution in [0.5, 0.6) is 0 Å². The van der Waals surface area contributed by atoms with Crippen LogP contribution in [-0.4, -0.2) is 52.8 Å². The summed E-state index contributed by atoms with van der Waals surface area (Å²) in [7, 11) is 0. The van der Waals surface area contributed by atoms with Gasteiger partial charge < -0.3 is 10.6 Å². The number of urea groups is 1. The van der Waals surface area contributed by atoms with Crippen LogP contribution in [0.1, 0.15) is 51.2 Å². The summed E-state index contributed by atoms with van der Waals surface area (Å²) >= 11 is 0. The predicted octanol–water partition coefficient (Wildman–Crippen LogP) is 2.50. The lowest BCUT2D eigenvalue weighted by atomic mass is 9.91. The molecule has 1 aromatic rings. The Balaban J connectivity index is 1.25. The molecular weight excluding hydrogens is 392 g/mol. The maximum Gasteiger partial charge on any atom is 0.325 e. The second kappa shape index (κ2) is 8.61. The third kappa shape index (κ3) is 4.92. The van der Waals surface area contributed by atoms with Crippen LogP contribution in [0.15, 0.2) is 24.3 Å². The van der Waals surface area contributed by atoms with Crippen LogP contribution in [0.3, 0.4) is 0 Å². The van der Waals surface area contributed by atoms with Crippen molar-refractivity contribution in [1.29, 1.82) is 0 Å². The molecule has 1 saturated carbocycles. The highest BCUT2D eigenvalue weighted by Gasteiger charge is 2.56. The van der Waals surface area contributed by atoms with Gasteiger partial charge in [0.25, 0.3) is 5.91 Å². The first kappa shape index (κ1) is 21.8. The molecule has 0 aromatic heterocycles. The summed E-state index contributed by atoms with van der Waals surface area (Å²) in [6, 6.07) is 7.82. The lowest BCUT2D eigenvalue weighted by molar-refractivity contribution is -0.135. The highest BCUT2D eigenvalue weighted by molar-refractivity contribution is 6.09. The minimum absolute atomic E-state index is 0.187. The number of nitrogens with zero attached hydrogens (tertiary/aromatic N) is 2. The molecule has 3 atom stereocenters. The van der Waals surface area contributed by atoms with Gasteiger partial charge in [0.05, 0.1) is 0 Å². The van der Waals surface area contributed by atoms with Crippen molar-refractivity contribution in [3.8, 4) is 0 Å². The Morgan fingerprint density at radius 2 is 1.71 bits per heavy atom. The molecule has 2 saturated heterocycles. The van der Waals surface area contributed by atoms with Gasteiger partial charge in [-0.1, -0.05) is 38.1 Å². The molecule has 1 aromatic carbocycles. The Bertz CT molecular complexity index is 841. The van der Waals surface area contributed by atoms with Crippen LogP contribution in [0.4, 0.5) is 4.79 Å². The Hall–Kier alpha value is -2.41. The number of imide groups is 1. The van der Waals surface area contributed by atoms with Gasteiger partial charge in [-0.05, 0) is 55.1 Å². The van der Waals surface area contributed by atoms with Crippen molar-refractivity contribution in [1.82, 2.24) is 20.4 Å². The van der Waals surface area contributed by atoms with Crippen molar-refractivity contribution >= 4 is 17.8 Å².